The number of carbonyl (C=O) groups is 2. The molecule has 1 aromatic carbocycles. The largest absolute Gasteiger partial charge is 0.544 e. The van der Waals surface area contributed by atoms with Crippen molar-refractivity contribution in [2.75, 3.05) is 0 Å². The monoisotopic (exact) mass is 407 g/mol. The highest BCUT2D eigenvalue weighted by Gasteiger charge is 2.38. The van der Waals surface area contributed by atoms with Gasteiger partial charge in [0, 0.05) is 18.0 Å². The highest BCUT2D eigenvalue weighted by Crippen LogP contribution is 2.37. The van der Waals surface area contributed by atoms with E-state index in [1.807, 2.05) is 52.0 Å². The molecule has 0 bridgehead atoms. The quantitative estimate of drug-likeness (QED) is 0.448. The molecule has 0 aromatic heterocycles. The van der Waals surface area contributed by atoms with Crippen LogP contribution in [0.1, 0.15) is 71.7 Å². The van der Waals surface area contributed by atoms with E-state index >= 15 is 0 Å². The van der Waals surface area contributed by atoms with Crippen molar-refractivity contribution in [2.45, 2.75) is 91.1 Å². The lowest BCUT2D eigenvalue weighted by Crippen LogP contribution is -2.43. The molecule has 0 radical (unpaired) electrons. The van der Waals surface area contributed by atoms with Gasteiger partial charge in [-0.3, -0.25) is 4.79 Å². The van der Waals surface area contributed by atoms with Gasteiger partial charge >= 0.3 is 6.09 Å². The molecule has 5 nitrogen and oxygen atoms in total. The van der Waals surface area contributed by atoms with Crippen LogP contribution in [0.25, 0.3) is 0 Å². The Bertz CT molecular complexity index is 669. The van der Waals surface area contributed by atoms with Gasteiger partial charge in [-0.05, 0) is 76.5 Å². The number of hydrogen-bond acceptors (Lipinski definition) is 4. The number of nitrogens with one attached hydrogen (secondary N) is 1. The van der Waals surface area contributed by atoms with Crippen LogP contribution in [-0.4, -0.2) is 31.8 Å². The van der Waals surface area contributed by atoms with Crippen LogP contribution >= 0.6 is 0 Å². The molecule has 0 aliphatic carbocycles. The summed E-state index contributed by atoms with van der Waals surface area (Å²) in [6.07, 6.45) is 0.458. The van der Waals surface area contributed by atoms with Crippen LogP contribution in [0, 0.1) is 0 Å². The molecule has 28 heavy (non-hydrogen) atoms. The summed E-state index contributed by atoms with van der Waals surface area (Å²) in [4.78, 5) is 24.2. The zero-order chi connectivity index (χ0) is 21.8. The summed E-state index contributed by atoms with van der Waals surface area (Å²) in [5.41, 5.74) is 0.125. The number of Topliss-reactive ketones (excluding diaryl/α,β-unsaturated/α-hetero) is 1. The van der Waals surface area contributed by atoms with E-state index in [0.717, 1.165) is 5.75 Å². The molecule has 6 heteroatoms. The third-order valence-electron chi connectivity index (χ3n) is 4.92. The average molecular weight is 408 g/mol. The van der Waals surface area contributed by atoms with E-state index in [9.17, 15) is 9.59 Å². The number of ketones is 1. The highest BCUT2D eigenvalue weighted by molar-refractivity contribution is 6.74. The van der Waals surface area contributed by atoms with Gasteiger partial charge in [-0.2, -0.15) is 0 Å². The summed E-state index contributed by atoms with van der Waals surface area (Å²) in [7, 11) is -1.89. The normalized spacial score (nSPS) is 13.6. The Balaban J connectivity index is 2.56. The van der Waals surface area contributed by atoms with Crippen molar-refractivity contribution in [3.8, 4) is 5.75 Å². The van der Waals surface area contributed by atoms with Crippen molar-refractivity contribution in [3.63, 3.8) is 0 Å². The first-order chi connectivity index (χ1) is 12.6. The van der Waals surface area contributed by atoms with Gasteiger partial charge in [0.25, 0.3) is 0 Å². The second-order valence-corrected chi connectivity index (χ2v) is 14.6. The first-order valence-corrected chi connectivity index (χ1v) is 12.8. The standard InChI is InChI=1S/C22H37NO4Si/c1-16(23-20(25)26-21(2,3)4)10-15-19(24)17-11-13-18(14-12-17)27-28(8,9)22(5,6)7/h11-14,16H,10,15H2,1-9H3,(H,23,25)/t16-/m1/s1. The molecule has 1 atom stereocenters. The average Bonchev–Trinajstić information content (AvgIpc) is 2.50. The molecule has 1 aromatic rings. The van der Waals surface area contributed by atoms with E-state index in [4.69, 9.17) is 9.16 Å². The Kier molecular flexibility index (Phi) is 7.88. The van der Waals surface area contributed by atoms with E-state index in [0.29, 0.717) is 18.4 Å². The lowest BCUT2D eigenvalue weighted by Gasteiger charge is -2.36. The summed E-state index contributed by atoms with van der Waals surface area (Å²) in [6.45, 7) is 18.3. The fourth-order valence-electron chi connectivity index (χ4n) is 2.23. The van der Waals surface area contributed by atoms with Gasteiger partial charge in [0.15, 0.2) is 5.78 Å². The van der Waals surface area contributed by atoms with E-state index < -0.39 is 20.0 Å². The van der Waals surface area contributed by atoms with Crippen LogP contribution in [0.15, 0.2) is 24.3 Å². The number of amides is 1. The molecule has 0 aliphatic rings. The molecule has 1 amide bonds. The van der Waals surface area contributed by atoms with Crippen molar-refractivity contribution < 1.29 is 18.8 Å². The maximum Gasteiger partial charge on any atom is 0.407 e. The fraction of sp³-hybridized carbons (Fsp3) is 0.636. The van der Waals surface area contributed by atoms with Gasteiger partial charge in [0.1, 0.15) is 11.4 Å². The molecule has 0 heterocycles. The summed E-state index contributed by atoms with van der Waals surface area (Å²) in [5.74, 6) is 0.861. The third kappa shape index (κ3) is 8.05. The highest BCUT2D eigenvalue weighted by atomic mass is 28.4. The second-order valence-electron chi connectivity index (χ2n) is 9.90. The minimum Gasteiger partial charge on any atom is -0.544 e. The number of benzene rings is 1. The van der Waals surface area contributed by atoms with E-state index in [-0.39, 0.29) is 16.9 Å². The van der Waals surface area contributed by atoms with Gasteiger partial charge in [-0.25, -0.2) is 4.79 Å². The number of carbonyl (C=O) groups excluding carboxylic acids is 2. The van der Waals surface area contributed by atoms with Crippen molar-refractivity contribution in [1.29, 1.82) is 0 Å². The van der Waals surface area contributed by atoms with Crippen molar-refractivity contribution in [2.24, 2.45) is 0 Å². The Labute approximate surface area is 171 Å². The predicted molar refractivity (Wildman–Crippen MR) is 117 cm³/mol. The molecule has 0 spiro atoms. The van der Waals surface area contributed by atoms with Crippen LogP contribution in [0.3, 0.4) is 0 Å². The van der Waals surface area contributed by atoms with Gasteiger partial charge < -0.3 is 14.5 Å². The van der Waals surface area contributed by atoms with Crippen LogP contribution < -0.4 is 9.74 Å². The molecule has 0 saturated carbocycles. The number of alkyl carbamates (subject to hydrolysis) is 1. The molecule has 1 N–H and O–H groups in total. The smallest absolute Gasteiger partial charge is 0.407 e. The number of hydrogen-bond donors (Lipinski definition) is 1. The molecular weight excluding hydrogens is 370 g/mol. The van der Waals surface area contributed by atoms with Crippen molar-refractivity contribution in [3.05, 3.63) is 29.8 Å². The maximum absolute atomic E-state index is 12.4. The van der Waals surface area contributed by atoms with Gasteiger partial charge in [0.2, 0.25) is 8.32 Å². The summed E-state index contributed by atoms with van der Waals surface area (Å²) >= 11 is 0. The SMILES string of the molecule is C[C@H](CCC(=O)c1ccc(O[Si](C)(C)C(C)(C)C)cc1)NC(=O)OC(C)(C)C. The third-order valence-corrected chi connectivity index (χ3v) is 9.28. The van der Waals surface area contributed by atoms with Crippen molar-refractivity contribution >= 4 is 20.2 Å². The zero-order valence-corrected chi connectivity index (χ0v) is 19.9. The molecular formula is C22H37NO4Si. The van der Waals surface area contributed by atoms with E-state index in [1.165, 1.54) is 0 Å². The van der Waals surface area contributed by atoms with Crippen LogP contribution in [-0.2, 0) is 4.74 Å². The number of ether oxygens (including phenoxy) is 1. The molecule has 0 unspecified atom stereocenters. The summed E-state index contributed by atoms with van der Waals surface area (Å²) < 4.78 is 11.5. The van der Waals surface area contributed by atoms with Gasteiger partial charge in [0.05, 0.1) is 0 Å². The molecule has 0 fully saturated rings. The molecule has 0 saturated heterocycles. The number of rotatable bonds is 7. The minimum absolute atomic E-state index is 0.0525. The van der Waals surface area contributed by atoms with Crippen molar-refractivity contribution in [1.82, 2.24) is 5.32 Å². The summed E-state index contributed by atoms with van der Waals surface area (Å²) in [6, 6.07) is 7.24. The second kappa shape index (κ2) is 9.12. The Morgan fingerprint density at radius 1 is 1.04 bits per heavy atom. The zero-order valence-electron chi connectivity index (χ0n) is 18.9. The minimum atomic E-state index is -1.89. The lowest BCUT2D eigenvalue weighted by molar-refractivity contribution is 0.0504. The van der Waals surface area contributed by atoms with Crippen LogP contribution in [0.4, 0.5) is 4.79 Å². The first kappa shape index (κ1) is 24.2. The Morgan fingerprint density at radius 3 is 2.04 bits per heavy atom. The van der Waals surface area contributed by atoms with E-state index in [2.05, 4.69) is 39.2 Å². The molecule has 158 valence electrons. The molecule has 1 rings (SSSR count). The van der Waals surface area contributed by atoms with Crippen LogP contribution in [0.5, 0.6) is 5.75 Å². The first-order valence-electron chi connectivity index (χ1n) is 9.92. The van der Waals surface area contributed by atoms with Gasteiger partial charge in [-0.1, -0.05) is 20.8 Å². The fourth-order valence-corrected chi connectivity index (χ4v) is 3.26. The van der Waals surface area contributed by atoms with Crippen LogP contribution in [0.2, 0.25) is 18.1 Å². The topological polar surface area (TPSA) is 64.6 Å². The Morgan fingerprint density at radius 2 is 1.57 bits per heavy atom. The summed E-state index contributed by atoms with van der Waals surface area (Å²) in [5, 5.41) is 2.89. The molecule has 0 aliphatic heterocycles. The van der Waals surface area contributed by atoms with Gasteiger partial charge in [-0.15, -0.1) is 0 Å². The maximum atomic E-state index is 12.4. The predicted octanol–water partition coefficient (Wildman–Crippen LogP) is 5.95. The van der Waals surface area contributed by atoms with E-state index in [1.54, 1.807) is 0 Å². The lowest BCUT2D eigenvalue weighted by atomic mass is 10.0. The Hall–Kier alpha value is -1.82.